The summed E-state index contributed by atoms with van der Waals surface area (Å²) < 4.78 is 23.4. The van der Waals surface area contributed by atoms with Crippen LogP contribution in [-0.2, 0) is 18.4 Å². The molecule has 1 amide bonds. The molecule has 0 aliphatic carbocycles. The van der Waals surface area contributed by atoms with E-state index in [1.54, 1.807) is 6.08 Å². The van der Waals surface area contributed by atoms with Gasteiger partial charge < -0.3 is 30.0 Å². The molecule has 0 aromatic carbocycles. The Morgan fingerprint density at radius 3 is 1.87 bits per heavy atom. The number of aliphatic hydroxyl groups is 3. The number of phosphoric ester groups is 1. The second kappa shape index (κ2) is 34.4. The van der Waals surface area contributed by atoms with Crippen LogP contribution in [0.15, 0.2) is 60.8 Å². The topological polar surface area (TPSA) is 146 Å². The summed E-state index contributed by atoms with van der Waals surface area (Å²) in [6.07, 6.45) is 35.9. The molecule has 0 aliphatic rings. The van der Waals surface area contributed by atoms with Gasteiger partial charge in [0.25, 0.3) is 0 Å². The van der Waals surface area contributed by atoms with Gasteiger partial charge in [-0.3, -0.25) is 13.8 Å². The van der Waals surface area contributed by atoms with Crippen LogP contribution in [0.1, 0.15) is 142 Å². The lowest BCUT2D eigenvalue weighted by Crippen LogP contribution is -2.45. The normalized spacial score (nSPS) is 16.2. The summed E-state index contributed by atoms with van der Waals surface area (Å²) in [5, 5.41) is 34.5. The summed E-state index contributed by atoms with van der Waals surface area (Å²) in [6, 6.07) is -0.987. The molecule has 0 saturated carbocycles. The Morgan fingerprint density at radius 2 is 1.24 bits per heavy atom. The maximum absolute atomic E-state index is 12.9. The maximum atomic E-state index is 12.9. The Bertz CT molecular complexity index is 1100. The van der Waals surface area contributed by atoms with Gasteiger partial charge in [0.05, 0.1) is 52.1 Å². The lowest BCUT2D eigenvalue weighted by atomic mass is 10.0. The van der Waals surface area contributed by atoms with Gasteiger partial charge in [0.1, 0.15) is 13.2 Å². The van der Waals surface area contributed by atoms with Crippen LogP contribution in [-0.4, -0.2) is 95.9 Å². The summed E-state index contributed by atoms with van der Waals surface area (Å²) in [6.45, 7) is 4.45. The van der Waals surface area contributed by atoms with Gasteiger partial charge in [0, 0.05) is 6.42 Å². The van der Waals surface area contributed by atoms with E-state index < -0.39 is 44.7 Å². The van der Waals surface area contributed by atoms with Gasteiger partial charge in [-0.05, 0) is 77.0 Å². The largest absolute Gasteiger partial charge is 0.472 e. The third-order valence-electron chi connectivity index (χ3n) is 8.88. The summed E-state index contributed by atoms with van der Waals surface area (Å²) >= 11 is 0. The van der Waals surface area contributed by atoms with Gasteiger partial charge in [-0.15, -0.1) is 0 Å². The Hall–Kier alpha value is -1.88. The molecule has 0 radical (unpaired) electrons. The molecular weight excluding hydrogens is 703 g/mol. The highest BCUT2D eigenvalue weighted by Gasteiger charge is 2.28. The van der Waals surface area contributed by atoms with Crippen molar-refractivity contribution in [1.29, 1.82) is 0 Å². The van der Waals surface area contributed by atoms with E-state index in [1.807, 2.05) is 39.4 Å². The molecule has 54 heavy (non-hydrogen) atoms. The van der Waals surface area contributed by atoms with Crippen LogP contribution >= 0.6 is 7.82 Å². The molecule has 0 heterocycles. The zero-order chi connectivity index (χ0) is 40.3. The first-order valence-corrected chi connectivity index (χ1v) is 22.3. The minimum Gasteiger partial charge on any atom is -0.390 e. The van der Waals surface area contributed by atoms with Crippen LogP contribution in [0.2, 0.25) is 0 Å². The van der Waals surface area contributed by atoms with Gasteiger partial charge in [-0.1, -0.05) is 120 Å². The predicted octanol–water partition coefficient (Wildman–Crippen LogP) is 9.02. The summed E-state index contributed by atoms with van der Waals surface area (Å²) in [5.74, 6) is -0.403. The fourth-order valence-electron chi connectivity index (χ4n) is 5.38. The number of carbonyl (C=O) groups excluding carboxylic acids is 1. The number of amides is 1. The standard InChI is InChI=1S/C43H79N2O8P/c1-6-8-10-12-14-16-18-20-22-23-25-27-29-32-40(46)39(38-53-54(50,51)52-37-36-45(3,4)5)44-43(49)35-31-34-42(48)41(47)33-30-28-26-24-21-19-17-15-13-11-9-7-2/h10,12,15,17,21,24,28-30,32,39-42,46-48H,6-9,11,13-14,16,18-20,22-23,25-27,31,33-38H2,1-5H3,(H-,44,49,50,51)/p+1/b12-10-,17-15-,24-21-,30-28-,32-29+/t39-,40+,41?,42?/m0/s1. The highest BCUT2D eigenvalue weighted by atomic mass is 31.2. The lowest BCUT2D eigenvalue weighted by molar-refractivity contribution is -0.870. The molecule has 10 nitrogen and oxygen atoms in total. The van der Waals surface area contributed by atoms with Crippen molar-refractivity contribution >= 4 is 13.7 Å². The Morgan fingerprint density at radius 1 is 0.685 bits per heavy atom. The highest BCUT2D eigenvalue weighted by Crippen LogP contribution is 2.43. The van der Waals surface area contributed by atoms with Gasteiger partial charge in [-0.25, -0.2) is 4.57 Å². The number of rotatable bonds is 36. The molecule has 11 heteroatoms. The first kappa shape index (κ1) is 52.1. The van der Waals surface area contributed by atoms with Gasteiger partial charge in [0.15, 0.2) is 0 Å². The van der Waals surface area contributed by atoms with E-state index in [-0.39, 0.29) is 19.4 Å². The van der Waals surface area contributed by atoms with Crippen molar-refractivity contribution in [3.8, 4) is 0 Å². The molecule has 0 aromatic heterocycles. The minimum atomic E-state index is -4.42. The zero-order valence-corrected chi connectivity index (χ0v) is 35.6. The molecule has 5 N–H and O–H groups in total. The van der Waals surface area contributed by atoms with E-state index in [4.69, 9.17) is 9.05 Å². The monoisotopic (exact) mass is 784 g/mol. The molecule has 0 rings (SSSR count). The van der Waals surface area contributed by atoms with E-state index in [0.29, 0.717) is 23.9 Å². The molecule has 0 spiro atoms. The number of nitrogens with one attached hydrogen (secondary N) is 1. The lowest BCUT2D eigenvalue weighted by Gasteiger charge is -2.25. The smallest absolute Gasteiger partial charge is 0.390 e. The number of quaternary nitrogens is 1. The van der Waals surface area contributed by atoms with Crippen molar-refractivity contribution in [3.05, 3.63) is 60.8 Å². The van der Waals surface area contributed by atoms with E-state index in [2.05, 4.69) is 55.6 Å². The van der Waals surface area contributed by atoms with Crippen molar-refractivity contribution in [3.63, 3.8) is 0 Å². The number of phosphoric acid groups is 1. The average Bonchev–Trinajstić information content (AvgIpc) is 3.11. The Kier molecular flexibility index (Phi) is 33.2. The number of hydrogen-bond acceptors (Lipinski definition) is 7. The summed E-state index contributed by atoms with van der Waals surface area (Å²) in [4.78, 5) is 23.1. The number of unbranched alkanes of at least 4 members (excludes halogenated alkanes) is 11. The number of carbonyl (C=O) groups is 1. The van der Waals surface area contributed by atoms with Gasteiger partial charge in [0.2, 0.25) is 5.91 Å². The van der Waals surface area contributed by atoms with E-state index in [1.165, 1.54) is 51.4 Å². The highest BCUT2D eigenvalue weighted by molar-refractivity contribution is 7.47. The average molecular weight is 784 g/mol. The summed E-state index contributed by atoms with van der Waals surface area (Å²) in [5.41, 5.74) is 0. The van der Waals surface area contributed by atoms with Crippen molar-refractivity contribution in [1.82, 2.24) is 5.32 Å². The second-order valence-electron chi connectivity index (χ2n) is 15.3. The maximum Gasteiger partial charge on any atom is 0.472 e. The molecule has 5 atom stereocenters. The van der Waals surface area contributed by atoms with Crippen LogP contribution in [0.3, 0.4) is 0 Å². The molecule has 0 saturated heterocycles. The van der Waals surface area contributed by atoms with E-state index in [0.717, 1.165) is 51.4 Å². The Balaban J connectivity index is 4.77. The third-order valence-corrected chi connectivity index (χ3v) is 9.87. The first-order valence-electron chi connectivity index (χ1n) is 20.8. The summed E-state index contributed by atoms with van der Waals surface area (Å²) in [7, 11) is 1.38. The quantitative estimate of drug-likeness (QED) is 0.0183. The molecule has 0 bridgehead atoms. The molecule has 0 fully saturated rings. The van der Waals surface area contributed by atoms with Gasteiger partial charge >= 0.3 is 7.82 Å². The van der Waals surface area contributed by atoms with Crippen LogP contribution in [0.5, 0.6) is 0 Å². The van der Waals surface area contributed by atoms with E-state index in [9.17, 15) is 29.6 Å². The molecule has 0 aliphatic heterocycles. The van der Waals surface area contributed by atoms with Crippen molar-refractivity contribution in [2.75, 3.05) is 40.9 Å². The van der Waals surface area contributed by atoms with E-state index >= 15 is 0 Å². The fraction of sp³-hybridized carbons (Fsp3) is 0.744. The third kappa shape index (κ3) is 34.6. The van der Waals surface area contributed by atoms with Crippen LogP contribution in [0.4, 0.5) is 0 Å². The molecular formula is C43H80N2O8P+. The van der Waals surface area contributed by atoms with Crippen molar-refractivity contribution < 1.29 is 43.1 Å². The second-order valence-corrected chi connectivity index (χ2v) is 16.8. The van der Waals surface area contributed by atoms with Crippen molar-refractivity contribution in [2.45, 2.75) is 167 Å². The van der Waals surface area contributed by atoms with Crippen LogP contribution in [0, 0.1) is 0 Å². The molecule has 314 valence electrons. The minimum absolute atomic E-state index is 0.00487. The zero-order valence-electron chi connectivity index (χ0n) is 34.7. The first-order chi connectivity index (χ1) is 25.8. The fourth-order valence-corrected chi connectivity index (χ4v) is 6.11. The number of aliphatic hydroxyl groups excluding tert-OH is 3. The number of nitrogens with zero attached hydrogens (tertiary/aromatic N) is 1. The SMILES string of the molecule is CCC/C=C\CCCCCCCC/C=C/[C@@H](O)[C@H](COP(=O)(O)OCC[N+](C)(C)C)NC(=O)CCCC(O)C(O)C/C=C\C/C=C\C/C=C\CCCCC. The van der Waals surface area contributed by atoms with Gasteiger partial charge in [-0.2, -0.15) is 0 Å². The van der Waals surface area contributed by atoms with Crippen molar-refractivity contribution in [2.24, 2.45) is 0 Å². The van der Waals surface area contributed by atoms with Crippen LogP contribution < -0.4 is 5.32 Å². The molecule has 0 aromatic rings. The number of hydrogen-bond donors (Lipinski definition) is 5. The number of likely N-dealkylation sites (N-methyl/N-ethyl adjacent to an activating group) is 1. The molecule has 3 unspecified atom stereocenters. The van der Waals surface area contributed by atoms with Crippen LogP contribution in [0.25, 0.3) is 0 Å². The number of allylic oxidation sites excluding steroid dienone is 8. The Labute approximate surface area is 329 Å². The predicted molar refractivity (Wildman–Crippen MR) is 224 cm³/mol.